The van der Waals surface area contributed by atoms with Gasteiger partial charge < -0.3 is 10.3 Å². The van der Waals surface area contributed by atoms with E-state index in [2.05, 4.69) is 42.5 Å². The maximum atomic E-state index is 6.12. The quantitative estimate of drug-likeness (QED) is 0.829. The van der Waals surface area contributed by atoms with E-state index in [0.29, 0.717) is 12.0 Å². The van der Waals surface area contributed by atoms with E-state index in [4.69, 9.17) is 5.73 Å². The summed E-state index contributed by atoms with van der Waals surface area (Å²) in [5.74, 6) is 2.44. The first-order chi connectivity index (χ1) is 6.93. The second-order valence-corrected chi connectivity index (χ2v) is 4.81. The summed E-state index contributed by atoms with van der Waals surface area (Å²) in [7, 11) is 0. The molecule has 0 saturated heterocycles. The van der Waals surface area contributed by atoms with Gasteiger partial charge in [-0.05, 0) is 33.1 Å². The summed E-state index contributed by atoms with van der Waals surface area (Å²) in [6.07, 6.45) is 0.949. The van der Waals surface area contributed by atoms with Crippen molar-refractivity contribution in [2.75, 3.05) is 0 Å². The van der Waals surface area contributed by atoms with Crippen LogP contribution in [0, 0.1) is 12.8 Å². The lowest BCUT2D eigenvalue weighted by atomic mass is 10.0. The maximum absolute atomic E-state index is 6.12. The fraction of sp³-hybridized carbons (Fsp3) is 0.818. The minimum atomic E-state index is -0.00593. The van der Waals surface area contributed by atoms with Gasteiger partial charge in [-0.1, -0.05) is 13.8 Å². The van der Waals surface area contributed by atoms with Gasteiger partial charge in [-0.25, -0.2) is 0 Å². The predicted molar refractivity (Wildman–Crippen MR) is 61.5 cm³/mol. The molecular formula is C11H22N4. The average Bonchev–Trinajstić information content (AvgIpc) is 2.45. The molecule has 0 aromatic carbocycles. The fourth-order valence-electron chi connectivity index (χ4n) is 1.89. The maximum Gasteiger partial charge on any atom is 0.150 e. The number of hydrogen-bond donors (Lipinski definition) is 1. The third kappa shape index (κ3) is 2.78. The number of rotatable bonds is 4. The van der Waals surface area contributed by atoms with E-state index in [-0.39, 0.29) is 6.04 Å². The van der Waals surface area contributed by atoms with Crippen LogP contribution in [0.4, 0.5) is 0 Å². The molecule has 86 valence electrons. The second-order valence-electron chi connectivity index (χ2n) is 4.81. The van der Waals surface area contributed by atoms with Crippen LogP contribution in [-0.2, 0) is 0 Å². The lowest BCUT2D eigenvalue weighted by Crippen LogP contribution is -2.20. The van der Waals surface area contributed by atoms with Crippen LogP contribution in [0.3, 0.4) is 0 Å². The van der Waals surface area contributed by atoms with Crippen molar-refractivity contribution in [3.8, 4) is 0 Å². The number of nitrogens with zero attached hydrogens (tertiary/aromatic N) is 3. The molecule has 0 aliphatic heterocycles. The molecule has 4 nitrogen and oxygen atoms in total. The molecule has 0 amide bonds. The number of aromatic nitrogens is 3. The Hall–Kier alpha value is -0.900. The first kappa shape index (κ1) is 12.2. The van der Waals surface area contributed by atoms with Gasteiger partial charge in [0.05, 0.1) is 6.04 Å². The Morgan fingerprint density at radius 1 is 1.20 bits per heavy atom. The molecule has 0 bridgehead atoms. The molecule has 2 N–H and O–H groups in total. The Bertz CT molecular complexity index is 314. The SMILES string of the molecule is Cc1nnc([C@H](N)CC(C)C)n1C(C)C. The van der Waals surface area contributed by atoms with Crippen LogP contribution in [0.5, 0.6) is 0 Å². The Kier molecular flexibility index (Phi) is 3.85. The van der Waals surface area contributed by atoms with Gasteiger partial charge in [0, 0.05) is 6.04 Å². The first-order valence-corrected chi connectivity index (χ1v) is 5.60. The minimum absolute atomic E-state index is 0.00593. The van der Waals surface area contributed by atoms with E-state index in [1.165, 1.54) is 0 Å². The first-order valence-electron chi connectivity index (χ1n) is 5.60. The Morgan fingerprint density at radius 2 is 1.80 bits per heavy atom. The molecular weight excluding hydrogens is 188 g/mol. The topological polar surface area (TPSA) is 56.7 Å². The zero-order valence-corrected chi connectivity index (χ0v) is 10.4. The van der Waals surface area contributed by atoms with Crippen molar-refractivity contribution in [1.29, 1.82) is 0 Å². The van der Waals surface area contributed by atoms with Gasteiger partial charge in [-0.3, -0.25) is 0 Å². The van der Waals surface area contributed by atoms with Crippen LogP contribution in [-0.4, -0.2) is 14.8 Å². The van der Waals surface area contributed by atoms with E-state index < -0.39 is 0 Å². The molecule has 0 unspecified atom stereocenters. The Morgan fingerprint density at radius 3 is 2.27 bits per heavy atom. The van der Waals surface area contributed by atoms with Gasteiger partial charge >= 0.3 is 0 Å². The van der Waals surface area contributed by atoms with Crippen molar-refractivity contribution in [2.24, 2.45) is 11.7 Å². The highest BCUT2D eigenvalue weighted by Gasteiger charge is 2.18. The van der Waals surface area contributed by atoms with Crippen molar-refractivity contribution in [1.82, 2.24) is 14.8 Å². The third-order valence-corrected chi connectivity index (χ3v) is 2.47. The van der Waals surface area contributed by atoms with Crippen LogP contribution < -0.4 is 5.73 Å². The predicted octanol–water partition coefficient (Wildman–Crippen LogP) is 2.21. The van der Waals surface area contributed by atoms with E-state index >= 15 is 0 Å². The molecule has 0 radical (unpaired) electrons. The Balaban J connectivity index is 2.93. The fourth-order valence-corrected chi connectivity index (χ4v) is 1.89. The van der Waals surface area contributed by atoms with Crippen molar-refractivity contribution < 1.29 is 0 Å². The Labute approximate surface area is 91.9 Å². The van der Waals surface area contributed by atoms with Crippen molar-refractivity contribution in [2.45, 2.75) is 53.1 Å². The normalized spacial score (nSPS) is 13.9. The molecule has 15 heavy (non-hydrogen) atoms. The molecule has 1 atom stereocenters. The van der Waals surface area contributed by atoms with Gasteiger partial charge in [-0.2, -0.15) is 0 Å². The molecule has 0 saturated carbocycles. The highest BCUT2D eigenvalue weighted by atomic mass is 15.3. The molecule has 1 heterocycles. The van der Waals surface area contributed by atoms with Gasteiger partial charge in [0.15, 0.2) is 0 Å². The molecule has 0 fully saturated rings. The molecule has 0 aliphatic rings. The average molecular weight is 210 g/mol. The highest BCUT2D eigenvalue weighted by molar-refractivity contribution is 5.01. The molecule has 0 spiro atoms. The van der Waals surface area contributed by atoms with E-state index in [1.54, 1.807) is 0 Å². The van der Waals surface area contributed by atoms with E-state index in [0.717, 1.165) is 18.1 Å². The van der Waals surface area contributed by atoms with E-state index in [1.807, 2.05) is 6.92 Å². The zero-order chi connectivity index (χ0) is 11.6. The summed E-state index contributed by atoms with van der Waals surface area (Å²) >= 11 is 0. The van der Waals surface area contributed by atoms with Gasteiger partial charge in [0.25, 0.3) is 0 Å². The van der Waals surface area contributed by atoms with Crippen LogP contribution in [0.15, 0.2) is 0 Å². The van der Waals surface area contributed by atoms with Crippen LogP contribution in [0.25, 0.3) is 0 Å². The van der Waals surface area contributed by atoms with Crippen molar-refractivity contribution in [3.05, 3.63) is 11.6 Å². The monoisotopic (exact) mass is 210 g/mol. The van der Waals surface area contributed by atoms with Gasteiger partial charge in [-0.15, -0.1) is 10.2 Å². The summed E-state index contributed by atoms with van der Waals surface area (Å²) in [5, 5.41) is 8.28. The second kappa shape index (κ2) is 4.75. The number of hydrogen-bond acceptors (Lipinski definition) is 3. The molecule has 1 aromatic rings. The summed E-state index contributed by atoms with van der Waals surface area (Å²) in [5.41, 5.74) is 6.12. The summed E-state index contributed by atoms with van der Waals surface area (Å²) < 4.78 is 2.12. The zero-order valence-electron chi connectivity index (χ0n) is 10.4. The summed E-state index contributed by atoms with van der Waals surface area (Å²) in [6.45, 7) is 10.6. The van der Waals surface area contributed by atoms with Crippen molar-refractivity contribution >= 4 is 0 Å². The largest absolute Gasteiger partial charge is 0.321 e. The minimum Gasteiger partial charge on any atom is -0.321 e. The molecule has 4 heteroatoms. The molecule has 1 rings (SSSR count). The molecule has 1 aromatic heterocycles. The summed E-state index contributed by atoms with van der Waals surface area (Å²) in [6, 6.07) is 0.363. The lowest BCUT2D eigenvalue weighted by molar-refractivity contribution is 0.455. The van der Waals surface area contributed by atoms with Crippen LogP contribution in [0.2, 0.25) is 0 Å². The van der Waals surface area contributed by atoms with Gasteiger partial charge in [0.2, 0.25) is 0 Å². The van der Waals surface area contributed by atoms with Crippen LogP contribution >= 0.6 is 0 Å². The standard InChI is InChI=1S/C11H22N4/c1-7(2)6-10(12)11-14-13-9(5)15(11)8(3)4/h7-8,10H,6,12H2,1-5H3/t10-/m1/s1. The molecule has 0 aliphatic carbocycles. The number of nitrogens with two attached hydrogens (primary N) is 1. The highest BCUT2D eigenvalue weighted by Crippen LogP contribution is 2.20. The lowest BCUT2D eigenvalue weighted by Gasteiger charge is -2.18. The van der Waals surface area contributed by atoms with Gasteiger partial charge in [0.1, 0.15) is 11.6 Å². The third-order valence-electron chi connectivity index (χ3n) is 2.47. The van der Waals surface area contributed by atoms with Crippen molar-refractivity contribution in [3.63, 3.8) is 0 Å². The van der Waals surface area contributed by atoms with E-state index in [9.17, 15) is 0 Å². The summed E-state index contributed by atoms with van der Waals surface area (Å²) in [4.78, 5) is 0. The smallest absolute Gasteiger partial charge is 0.150 e. The number of aryl methyl sites for hydroxylation is 1. The van der Waals surface area contributed by atoms with Crippen LogP contribution in [0.1, 0.15) is 57.8 Å².